The van der Waals surface area contributed by atoms with E-state index in [2.05, 4.69) is 10.6 Å². The summed E-state index contributed by atoms with van der Waals surface area (Å²) in [5, 5.41) is 5.22. The molecule has 0 heterocycles. The summed E-state index contributed by atoms with van der Waals surface area (Å²) in [6, 6.07) is 19.2. The summed E-state index contributed by atoms with van der Waals surface area (Å²) in [4.78, 5) is 25.5. The number of anilines is 1. The van der Waals surface area contributed by atoms with Crippen molar-refractivity contribution in [3.05, 3.63) is 95.4 Å². The first-order valence-electron chi connectivity index (χ1n) is 9.37. The number of amides is 2. The van der Waals surface area contributed by atoms with Crippen LogP contribution in [0.4, 0.5) is 10.1 Å². The molecule has 7 heteroatoms. The van der Waals surface area contributed by atoms with Crippen molar-refractivity contribution in [2.75, 3.05) is 19.5 Å². The van der Waals surface area contributed by atoms with E-state index in [-0.39, 0.29) is 11.3 Å². The molecule has 0 unspecified atom stereocenters. The van der Waals surface area contributed by atoms with Gasteiger partial charge in [-0.3, -0.25) is 9.59 Å². The van der Waals surface area contributed by atoms with Gasteiger partial charge >= 0.3 is 0 Å². The normalized spacial score (nSPS) is 10.9. The van der Waals surface area contributed by atoms with E-state index in [1.54, 1.807) is 68.8 Å². The Balaban J connectivity index is 1.88. The van der Waals surface area contributed by atoms with Gasteiger partial charge in [-0.2, -0.15) is 0 Å². The molecule has 2 N–H and O–H groups in total. The first-order chi connectivity index (χ1) is 15.0. The minimum Gasteiger partial charge on any atom is -0.497 e. The van der Waals surface area contributed by atoms with E-state index in [0.717, 1.165) is 0 Å². The molecule has 0 aliphatic carbocycles. The van der Waals surface area contributed by atoms with Crippen LogP contribution in [0.1, 0.15) is 15.9 Å². The Morgan fingerprint density at radius 3 is 2.00 bits per heavy atom. The lowest BCUT2D eigenvalue weighted by molar-refractivity contribution is -0.113. The second kappa shape index (κ2) is 10.1. The molecule has 0 bridgehead atoms. The van der Waals surface area contributed by atoms with Crippen LogP contribution in [-0.4, -0.2) is 26.0 Å². The minimum atomic E-state index is -0.734. The molecule has 0 atom stereocenters. The van der Waals surface area contributed by atoms with Crippen molar-refractivity contribution in [3.8, 4) is 11.5 Å². The lowest BCUT2D eigenvalue weighted by atomic mass is 10.1. The van der Waals surface area contributed by atoms with Crippen molar-refractivity contribution in [1.82, 2.24) is 5.32 Å². The Morgan fingerprint density at radius 2 is 1.42 bits per heavy atom. The molecule has 0 aliphatic heterocycles. The third-order valence-corrected chi connectivity index (χ3v) is 4.39. The molecule has 3 rings (SSSR count). The van der Waals surface area contributed by atoms with Crippen LogP contribution in [0.2, 0.25) is 0 Å². The van der Waals surface area contributed by atoms with Gasteiger partial charge in [0, 0.05) is 5.69 Å². The summed E-state index contributed by atoms with van der Waals surface area (Å²) in [5.41, 5.74) is 0.940. The second-order valence-corrected chi connectivity index (χ2v) is 6.45. The first kappa shape index (κ1) is 21.6. The van der Waals surface area contributed by atoms with E-state index in [9.17, 15) is 14.0 Å². The predicted octanol–water partition coefficient (Wildman–Crippen LogP) is 4.25. The number of halogens is 1. The summed E-state index contributed by atoms with van der Waals surface area (Å²) >= 11 is 0. The Labute approximate surface area is 179 Å². The third-order valence-electron chi connectivity index (χ3n) is 4.39. The average molecular weight is 420 g/mol. The van der Waals surface area contributed by atoms with Crippen LogP contribution in [0, 0.1) is 5.82 Å². The van der Waals surface area contributed by atoms with E-state index < -0.39 is 17.6 Å². The highest BCUT2D eigenvalue weighted by molar-refractivity contribution is 6.10. The molecule has 2 amide bonds. The van der Waals surface area contributed by atoms with Gasteiger partial charge in [0.05, 0.1) is 19.8 Å². The maximum atomic E-state index is 14.0. The molecule has 6 nitrogen and oxygen atoms in total. The van der Waals surface area contributed by atoms with Crippen molar-refractivity contribution in [3.63, 3.8) is 0 Å². The zero-order chi connectivity index (χ0) is 22.2. The molecule has 3 aromatic carbocycles. The van der Waals surface area contributed by atoms with Crippen LogP contribution in [0.3, 0.4) is 0 Å². The van der Waals surface area contributed by atoms with Crippen molar-refractivity contribution < 1.29 is 23.5 Å². The second-order valence-electron chi connectivity index (χ2n) is 6.45. The van der Waals surface area contributed by atoms with Crippen LogP contribution in [0.5, 0.6) is 11.5 Å². The minimum absolute atomic E-state index is 0.0470. The summed E-state index contributed by atoms with van der Waals surface area (Å²) in [6.07, 6.45) is 1.50. The predicted molar refractivity (Wildman–Crippen MR) is 116 cm³/mol. The van der Waals surface area contributed by atoms with Gasteiger partial charge in [-0.25, -0.2) is 4.39 Å². The molecule has 158 valence electrons. The van der Waals surface area contributed by atoms with Crippen LogP contribution in [0.15, 0.2) is 78.5 Å². The lowest BCUT2D eigenvalue weighted by Gasteiger charge is -2.12. The maximum absolute atomic E-state index is 14.0. The number of hydrogen-bond acceptors (Lipinski definition) is 4. The Hall–Kier alpha value is -4.13. The summed E-state index contributed by atoms with van der Waals surface area (Å²) in [7, 11) is 3.09. The van der Waals surface area contributed by atoms with Crippen LogP contribution in [-0.2, 0) is 4.79 Å². The zero-order valence-electron chi connectivity index (χ0n) is 17.0. The SMILES string of the molecule is COc1ccc(/C=C(/NC(=O)c2ccccc2F)C(=O)Nc2ccc(OC)cc2)cc1. The van der Waals surface area contributed by atoms with E-state index in [4.69, 9.17) is 9.47 Å². The van der Waals surface area contributed by atoms with E-state index in [1.807, 2.05) is 0 Å². The molecule has 31 heavy (non-hydrogen) atoms. The van der Waals surface area contributed by atoms with Gasteiger partial charge in [0.25, 0.3) is 11.8 Å². The van der Waals surface area contributed by atoms with Gasteiger partial charge in [0.15, 0.2) is 0 Å². The monoisotopic (exact) mass is 420 g/mol. The quantitative estimate of drug-likeness (QED) is 0.560. The van der Waals surface area contributed by atoms with E-state index in [1.165, 1.54) is 24.3 Å². The van der Waals surface area contributed by atoms with Crippen molar-refractivity contribution in [2.24, 2.45) is 0 Å². The Kier molecular flexibility index (Phi) is 7.01. The molecular formula is C24H21FN2O4. The number of ether oxygens (including phenoxy) is 2. The highest BCUT2D eigenvalue weighted by atomic mass is 19.1. The standard InChI is InChI=1S/C24H21FN2O4/c1-30-18-11-7-16(8-12-18)15-22(27-23(28)20-5-3-4-6-21(20)25)24(29)26-17-9-13-19(31-2)14-10-17/h3-15H,1-2H3,(H,26,29)(H,27,28)/b22-15+. The Bertz CT molecular complexity index is 1090. The fourth-order valence-corrected chi connectivity index (χ4v) is 2.73. The highest BCUT2D eigenvalue weighted by Crippen LogP contribution is 2.18. The van der Waals surface area contributed by atoms with Crippen LogP contribution < -0.4 is 20.1 Å². The smallest absolute Gasteiger partial charge is 0.272 e. The van der Waals surface area contributed by atoms with Gasteiger partial charge < -0.3 is 20.1 Å². The fraction of sp³-hybridized carbons (Fsp3) is 0.0833. The summed E-state index contributed by atoms with van der Waals surface area (Å²) in [6.45, 7) is 0. The molecule has 0 saturated heterocycles. The number of methoxy groups -OCH3 is 2. The van der Waals surface area contributed by atoms with Gasteiger partial charge in [-0.15, -0.1) is 0 Å². The number of nitrogens with one attached hydrogen (secondary N) is 2. The zero-order valence-corrected chi connectivity index (χ0v) is 17.0. The molecule has 0 aliphatic rings. The molecule has 0 aromatic heterocycles. The number of benzene rings is 3. The molecule has 0 radical (unpaired) electrons. The van der Waals surface area contributed by atoms with Gasteiger partial charge in [-0.05, 0) is 60.2 Å². The summed E-state index contributed by atoms with van der Waals surface area (Å²) in [5.74, 6) is -0.690. The number of rotatable bonds is 7. The maximum Gasteiger partial charge on any atom is 0.272 e. The van der Waals surface area contributed by atoms with Gasteiger partial charge in [-0.1, -0.05) is 24.3 Å². The summed E-state index contributed by atoms with van der Waals surface area (Å²) < 4.78 is 24.3. The van der Waals surface area contributed by atoms with Crippen molar-refractivity contribution >= 4 is 23.6 Å². The number of hydrogen-bond donors (Lipinski definition) is 2. The molecule has 0 fully saturated rings. The van der Waals surface area contributed by atoms with E-state index in [0.29, 0.717) is 22.7 Å². The third kappa shape index (κ3) is 5.70. The largest absolute Gasteiger partial charge is 0.497 e. The topological polar surface area (TPSA) is 76.7 Å². The van der Waals surface area contributed by atoms with Crippen LogP contribution in [0.25, 0.3) is 6.08 Å². The van der Waals surface area contributed by atoms with E-state index >= 15 is 0 Å². The first-order valence-corrected chi connectivity index (χ1v) is 9.37. The number of carbonyl (C=O) groups is 2. The fourth-order valence-electron chi connectivity index (χ4n) is 2.73. The highest BCUT2D eigenvalue weighted by Gasteiger charge is 2.17. The van der Waals surface area contributed by atoms with Gasteiger partial charge in [0.2, 0.25) is 0 Å². The Morgan fingerprint density at radius 1 is 0.839 bits per heavy atom. The van der Waals surface area contributed by atoms with Gasteiger partial charge in [0.1, 0.15) is 23.0 Å². The lowest BCUT2D eigenvalue weighted by Crippen LogP contribution is -2.31. The molecule has 3 aromatic rings. The molecule has 0 spiro atoms. The van der Waals surface area contributed by atoms with Crippen molar-refractivity contribution in [1.29, 1.82) is 0 Å². The average Bonchev–Trinajstić information content (AvgIpc) is 2.79. The molecule has 0 saturated carbocycles. The molecular weight excluding hydrogens is 399 g/mol. The number of carbonyl (C=O) groups excluding carboxylic acids is 2. The van der Waals surface area contributed by atoms with Crippen molar-refractivity contribution in [2.45, 2.75) is 0 Å². The van der Waals surface area contributed by atoms with Crippen LogP contribution >= 0.6 is 0 Å².